The van der Waals surface area contributed by atoms with Crippen LogP contribution in [-0.4, -0.2) is 27.0 Å². The van der Waals surface area contributed by atoms with Gasteiger partial charge in [0.15, 0.2) is 17.5 Å². The van der Waals surface area contributed by atoms with Crippen LogP contribution in [0.1, 0.15) is 31.1 Å². The maximum atomic E-state index is 13.5. The number of hydrogen-bond donors (Lipinski definition) is 1. The molecule has 0 unspecified atom stereocenters. The lowest BCUT2D eigenvalue weighted by Crippen LogP contribution is -2.41. The van der Waals surface area contributed by atoms with Gasteiger partial charge in [-0.15, -0.1) is 0 Å². The first-order valence-corrected chi connectivity index (χ1v) is 7.26. The number of benzene rings is 1. The van der Waals surface area contributed by atoms with Gasteiger partial charge in [0.1, 0.15) is 12.1 Å². The Balaban J connectivity index is 1.88. The summed E-state index contributed by atoms with van der Waals surface area (Å²) >= 11 is 0. The largest absolute Gasteiger partial charge is 0.337 e. The number of amides is 3. The molecule has 0 saturated carbocycles. The predicted molar refractivity (Wildman–Crippen MR) is 76.5 cm³/mol. The molecule has 2 aromatic rings. The van der Waals surface area contributed by atoms with Gasteiger partial charge in [-0.1, -0.05) is 18.1 Å². The Kier molecular flexibility index (Phi) is 3.78. The van der Waals surface area contributed by atoms with Crippen molar-refractivity contribution in [3.63, 3.8) is 0 Å². The number of rotatable bonds is 4. The molecule has 1 aliphatic heterocycles. The van der Waals surface area contributed by atoms with Gasteiger partial charge in [0.05, 0.1) is 0 Å². The van der Waals surface area contributed by atoms with Crippen LogP contribution < -0.4 is 5.32 Å². The van der Waals surface area contributed by atoms with Gasteiger partial charge in [-0.2, -0.15) is 4.98 Å². The SMILES string of the molecule is CCc1noc(CN2C(=O)N[C@@](C)(c3ccc(F)c(F)c3)C2=O)n1. The van der Waals surface area contributed by atoms with E-state index in [-0.39, 0.29) is 18.0 Å². The van der Waals surface area contributed by atoms with E-state index in [1.54, 1.807) is 0 Å². The Bertz CT molecular complexity index is 823. The van der Waals surface area contributed by atoms with Crippen molar-refractivity contribution in [1.29, 1.82) is 0 Å². The molecule has 1 aliphatic rings. The van der Waals surface area contributed by atoms with Crippen LogP contribution in [-0.2, 0) is 23.3 Å². The van der Waals surface area contributed by atoms with Crippen LogP contribution in [0.25, 0.3) is 0 Å². The lowest BCUT2D eigenvalue weighted by molar-refractivity contribution is -0.131. The summed E-state index contributed by atoms with van der Waals surface area (Å²) in [6, 6.07) is 2.37. The molecular formula is C15H14F2N4O3. The Labute approximate surface area is 135 Å². The minimum absolute atomic E-state index is 0.116. The maximum absolute atomic E-state index is 13.5. The summed E-state index contributed by atoms with van der Waals surface area (Å²) in [5.74, 6) is -2.17. The first-order chi connectivity index (χ1) is 11.3. The minimum Gasteiger partial charge on any atom is -0.337 e. The summed E-state index contributed by atoms with van der Waals surface area (Å²) < 4.78 is 31.5. The summed E-state index contributed by atoms with van der Waals surface area (Å²) in [6.07, 6.45) is 0.552. The Morgan fingerprint density at radius 1 is 1.29 bits per heavy atom. The lowest BCUT2D eigenvalue weighted by atomic mass is 9.92. The second-order valence-corrected chi connectivity index (χ2v) is 5.53. The maximum Gasteiger partial charge on any atom is 0.325 e. The van der Waals surface area contributed by atoms with Gasteiger partial charge < -0.3 is 9.84 Å². The highest BCUT2D eigenvalue weighted by Gasteiger charge is 2.49. The molecule has 1 aromatic carbocycles. The molecule has 0 aliphatic carbocycles. The molecule has 0 radical (unpaired) electrons. The molecule has 1 atom stereocenters. The molecule has 3 rings (SSSR count). The molecule has 2 heterocycles. The summed E-state index contributed by atoms with van der Waals surface area (Å²) in [5, 5.41) is 6.19. The molecule has 3 amide bonds. The van der Waals surface area contributed by atoms with Crippen molar-refractivity contribution in [2.75, 3.05) is 0 Å². The van der Waals surface area contributed by atoms with Crippen molar-refractivity contribution in [1.82, 2.24) is 20.4 Å². The van der Waals surface area contributed by atoms with E-state index in [1.807, 2.05) is 6.92 Å². The first kappa shape index (κ1) is 16.0. The highest BCUT2D eigenvalue weighted by Crippen LogP contribution is 2.30. The zero-order valence-corrected chi connectivity index (χ0v) is 13.0. The molecule has 1 N–H and O–H groups in total. The summed E-state index contributed by atoms with van der Waals surface area (Å²) in [7, 11) is 0. The number of carbonyl (C=O) groups is 2. The molecule has 0 bridgehead atoms. The quantitative estimate of drug-likeness (QED) is 0.861. The van der Waals surface area contributed by atoms with Crippen LogP contribution in [0, 0.1) is 11.6 Å². The fourth-order valence-electron chi connectivity index (χ4n) is 2.48. The van der Waals surface area contributed by atoms with Gasteiger partial charge in [-0.25, -0.2) is 13.6 Å². The molecule has 0 spiro atoms. The van der Waals surface area contributed by atoms with Crippen LogP contribution in [0.4, 0.5) is 13.6 Å². The number of nitrogens with one attached hydrogen (secondary N) is 1. The third-order valence-electron chi connectivity index (χ3n) is 3.89. The Morgan fingerprint density at radius 2 is 2.04 bits per heavy atom. The Hall–Kier alpha value is -2.84. The number of aryl methyl sites for hydroxylation is 1. The zero-order chi connectivity index (χ0) is 17.5. The standard InChI is InChI=1S/C15H14F2N4O3/c1-3-11-18-12(24-20-11)7-21-13(22)15(2,19-14(21)23)8-4-5-9(16)10(17)6-8/h4-6H,3,7H2,1-2H3,(H,19,23)/t15-/m0/s1. The van der Waals surface area contributed by atoms with E-state index < -0.39 is 29.1 Å². The predicted octanol–water partition coefficient (Wildman–Crippen LogP) is 1.88. The van der Waals surface area contributed by atoms with E-state index >= 15 is 0 Å². The third-order valence-corrected chi connectivity index (χ3v) is 3.89. The van der Waals surface area contributed by atoms with E-state index in [9.17, 15) is 18.4 Å². The molecule has 1 fully saturated rings. The number of hydrogen-bond acceptors (Lipinski definition) is 5. The minimum atomic E-state index is -1.50. The number of aromatic nitrogens is 2. The van der Waals surface area contributed by atoms with Crippen molar-refractivity contribution in [2.45, 2.75) is 32.4 Å². The topological polar surface area (TPSA) is 88.3 Å². The van der Waals surface area contributed by atoms with Gasteiger partial charge in [0, 0.05) is 6.42 Å². The molecule has 126 valence electrons. The van der Waals surface area contributed by atoms with Crippen LogP contribution >= 0.6 is 0 Å². The second kappa shape index (κ2) is 5.66. The van der Waals surface area contributed by atoms with Crippen LogP contribution in [0.2, 0.25) is 0 Å². The van der Waals surface area contributed by atoms with E-state index in [0.29, 0.717) is 12.2 Å². The van der Waals surface area contributed by atoms with Crippen LogP contribution in [0.15, 0.2) is 22.7 Å². The molecule has 1 aromatic heterocycles. The summed E-state index contributed by atoms with van der Waals surface area (Å²) in [6.45, 7) is 3.06. The second-order valence-electron chi connectivity index (χ2n) is 5.53. The van der Waals surface area contributed by atoms with Gasteiger partial charge >= 0.3 is 6.03 Å². The number of imide groups is 1. The summed E-state index contributed by atoms with van der Waals surface area (Å²) in [4.78, 5) is 29.7. The smallest absolute Gasteiger partial charge is 0.325 e. The highest BCUT2D eigenvalue weighted by atomic mass is 19.2. The third kappa shape index (κ3) is 2.51. The number of urea groups is 1. The fraction of sp³-hybridized carbons (Fsp3) is 0.333. The van der Waals surface area contributed by atoms with Gasteiger partial charge in [0.25, 0.3) is 5.91 Å². The van der Waals surface area contributed by atoms with Crippen molar-refractivity contribution in [3.05, 3.63) is 47.1 Å². The van der Waals surface area contributed by atoms with Crippen LogP contribution in [0.5, 0.6) is 0 Å². The van der Waals surface area contributed by atoms with Gasteiger partial charge in [-0.3, -0.25) is 9.69 Å². The van der Waals surface area contributed by atoms with E-state index in [4.69, 9.17) is 4.52 Å². The normalized spacial score (nSPS) is 20.6. The van der Waals surface area contributed by atoms with Gasteiger partial charge in [0.2, 0.25) is 5.89 Å². The number of halogens is 2. The average molecular weight is 336 g/mol. The van der Waals surface area contributed by atoms with Crippen molar-refractivity contribution >= 4 is 11.9 Å². The molecule has 7 nitrogen and oxygen atoms in total. The zero-order valence-electron chi connectivity index (χ0n) is 13.0. The summed E-state index contributed by atoms with van der Waals surface area (Å²) in [5.41, 5.74) is -1.36. The van der Waals surface area contributed by atoms with E-state index in [1.165, 1.54) is 13.0 Å². The molecule has 9 heteroatoms. The molecule has 24 heavy (non-hydrogen) atoms. The monoisotopic (exact) mass is 336 g/mol. The van der Waals surface area contributed by atoms with Crippen molar-refractivity contribution < 1.29 is 22.9 Å². The molecular weight excluding hydrogens is 322 g/mol. The van der Waals surface area contributed by atoms with Crippen LogP contribution in [0.3, 0.4) is 0 Å². The van der Waals surface area contributed by atoms with Crippen molar-refractivity contribution in [2.24, 2.45) is 0 Å². The first-order valence-electron chi connectivity index (χ1n) is 7.26. The molecule has 1 saturated heterocycles. The lowest BCUT2D eigenvalue weighted by Gasteiger charge is -2.22. The Morgan fingerprint density at radius 3 is 2.67 bits per heavy atom. The average Bonchev–Trinajstić information content (AvgIpc) is 3.09. The van der Waals surface area contributed by atoms with E-state index in [2.05, 4.69) is 15.5 Å². The number of carbonyl (C=O) groups excluding carboxylic acids is 2. The fourth-order valence-corrected chi connectivity index (χ4v) is 2.48. The van der Waals surface area contributed by atoms with Gasteiger partial charge in [-0.05, 0) is 24.6 Å². The van der Waals surface area contributed by atoms with E-state index in [0.717, 1.165) is 17.0 Å². The van der Waals surface area contributed by atoms with Crippen molar-refractivity contribution in [3.8, 4) is 0 Å². The highest BCUT2D eigenvalue weighted by molar-refractivity contribution is 6.07. The number of nitrogens with zero attached hydrogens (tertiary/aromatic N) is 3.